The highest BCUT2D eigenvalue weighted by Crippen LogP contribution is 2.31. The molecule has 1 N–H and O–H groups in total. The third-order valence-electron chi connectivity index (χ3n) is 4.07. The molecule has 2 nitrogen and oxygen atoms in total. The monoisotopic (exact) mass is 266 g/mol. The van der Waals surface area contributed by atoms with Gasteiger partial charge < -0.3 is 9.84 Å². The van der Waals surface area contributed by atoms with Gasteiger partial charge in [-0.15, -0.1) is 0 Å². The number of hydrogen-bond donors (Lipinski definition) is 1. The summed E-state index contributed by atoms with van der Waals surface area (Å²) in [4.78, 5) is 0. The van der Waals surface area contributed by atoms with Crippen LogP contribution < -0.4 is 4.74 Å². The molecule has 3 heteroatoms. The van der Waals surface area contributed by atoms with Gasteiger partial charge in [0.1, 0.15) is 17.7 Å². The quantitative estimate of drug-likeness (QED) is 0.883. The molecule has 0 spiro atoms. The first kappa shape index (κ1) is 14.3. The molecule has 0 radical (unpaired) electrons. The summed E-state index contributed by atoms with van der Waals surface area (Å²) in [7, 11) is 0. The van der Waals surface area contributed by atoms with Crippen molar-refractivity contribution in [3.8, 4) is 5.75 Å². The number of rotatable bonds is 4. The second-order valence-corrected chi connectivity index (χ2v) is 5.47. The normalized spacial score (nSPS) is 25.1. The molecule has 1 aliphatic rings. The van der Waals surface area contributed by atoms with E-state index in [0.717, 1.165) is 12.8 Å². The van der Waals surface area contributed by atoms with Crippen LogP contribution in [0.5, 0.6) is 5.75 Å². The van der Waals surface area contributed by atoms with E-state index in [9.17, 15) is 9.50 Å². The van der Waals surface area contributed by atoms with Gasteiger partial charge in [-0.05, 0) is 50.7 Å². The molecule has 0 amide bonds. The molecule has 1 fully saturated rings. The lowest BCUT2D eigenvalue weighted by Gasteiger charge is -2.31. The molecule has 1 aliphatic carbocycles. The fourth-order valence-corrected chi connectivity index (χ4v) is 2.89. The minimum Gasteiger partial charge on any atom is -0.490 e. The summed E-state index contributed by atoms with van der Waals surface area (Å²) in [6.45, 7) is 3.75. The van der Waals surface area contributed by atoms with Gasteiger partial charge in [0, 0.05) is 11.6 Å². The highest BCUT2D eigenvalue weighted by Gasteiger charge is 2.25. The first-order valence-corrected chi connectivity index (χ1v) is 7.26. The molecule has 0 aromatic heterocycles. The number of halogens is 1. The lowest BCUT2D eigenvalue weighted by atomic mass is 9.85. The van der Waals surface area contributed by atoms with Gasteiger partial charge in [-0.1, -0.05) is 13.3 Å². The number of benzene rings is 1. The van der Waals surface area contributed by atoms with Gasteiger partial charge in [0.15, 0.2) is 0 Å². The van der Waals surface area contributed by atoms with E-state index in [2.05, 4.69) is 6.92 Å². The second-order valence-electron chi connectivity index (χ2n) is 5.47. The van der Waals surface area contributed by atoms with Gasteiger partial charge in [-0.25, -0.2) is 4.39 Å². The zero-order chi connectivity index (χ0) is 13.8. The Morgan fingerprint density at radius 1 is 1.37 bits per heavy atom. The van der Waals surface area contributed by atoms with Crippen LogP contribution >= 0.6 is 0 Å². The Bertz CT molecular complexity index is 417. The highest BCUT2D eigenvalue weighted by molar-refractivity contribution is 5.30. The van der Waals surface area contributed by atoms with Crippen molar-refractivity contribution in [3.05, 3.63) is 29.6 Å². The number of aliphatic hydroxyl groups is 1. The molecule has 1 saturated carbocycles. The van der Waals surface area contributed by atoms with E-state index >= 15 is 0 Å². The van der Waals surface area contributed by atoms with Crippen molar-refractivity contribution in [3.63, 3.8) is 0 Å². The topological polar surface area (TPSA) is 29.5 Å². The largest absolute Gasteiger partial charge is 0.490 e. The predicted molar refractivity (Wildman–Crippen MR) is 73.7 cm³/mol. The Hall–Kier alpha value is -1.09. The number of ether oxygens (including phenoxy) is 1. The Kier molecular flexibility index (Phi) is 4.81. The van der Waals surface area contributed by atoms with Crippen LogP contribution in [0.15, 0.2) is 18.2 Å². The van der Waals surface area contributed by atoms with Gasteiger partial charge in [-0.2, -0.15) is 0 Å². The van der Waals surface area contributed by atoms with E-state index in [4.69, 9.17) is 4.74 Å². The van der Waals surface area contributed by atoms with Crippen molar-refractivity contribution in [2.75, 3.05) is 0 Å². The maximum atomic E-state index is 13.8. The first-order valence-electron chi connectivity index (χ1n) is 7.26. The van der Waals surface area contributed by atoms with Crippen LogP contribution in [0.3, 0.4) is 0 Å². The summed E-state index contributed by atoms with van der Waals surface area (Å²) < 4.78 is 19.7. The van der Waals surface area contributed by atoms with Crippen LogP contribution in [0.25, 0.3) is 0 Å². The second kappa shape index (κ2) is 6.38. The molecule has 1 aromatic carbocycles. The SMILES string of the molecule is CCC1CCCCC1Oc1ccc([C@@H](C)O)c(F)c1. The Morgan fingerprint density at radius 2 is 2.11 bits per heavy atom. The van der Waals surface area contributed by atoms with Gasteiger partial charge in [0.25, 0.3) is 0 Å². The minimum absolute atomic E-state index is 0.204. The zero-order valence-electron chi connectivity index (χ0n) is 11.7. The van der Waals surface area contributed by atoms with Crippen molar-refractivity contribution in [2.24, 2.45) is 5.92 Å². The van der Waals surface area contributed by atoms with Crippen molar-refractivity contribution < 1.29 is 14.2 Å². The standard InChI is InChI=1S/C16H23FO2/c1-3-12-6-4-5-7-16(12)19-13-8-9-14(11(2)18)15(17)10-13/h8-12,16,18H,3-7H2,1-2H3/t11-,12?,16?/m1/s1. The van der Waals surface area contributed by atoms with Crippen LogP contribution in [0.4, 0.5) is 4.39 Å². The van der Waals surface area contributed by atoms with Crippen LogP contribution in [0.2, 0.25) is 0 Å². The van der Waals surface area contributed by atoms with Gasteiger partial charge >= 0.3 is 0 Å². The average molecular weight is 266 g/mol. The van der Waals surface area contributed by atoms with Crippen molar-refractivity contribution in [1.29, 1.82) is 0 Å². The fraction of sp³-hybridized carbons (Fsp3) is 0.625. The smallest absolute Gasteiger partial charge is 0.132 e. The zero-order valence-corrected chi connectivity index (χ0v) is 11.7. The summed E-state index contributed by atoms with van der Waals surface area (Å²) in [5.74, 6) is 0.761. The lowest BCUT2D eigenvalue weighted by molar-refractivity contribution is 0.0899. The van der Waals surface area contributed by atoms with Crippen LogP contribution in [0.1, 0.15) is 57.6 Å². The Morgan fingerprint density at radius 3 is 2.74 bits per heavy atom. The summed E-state index contributed by atoms with van der Waals surface area (Å²) >= 11 is 0. The van der Waals surface area contributed by atoms with E-state index < -0.39 is 11.9 Å². The minimum atomic E-state index is -0.785. The van der Waals surface area contributed by atoms with E-state index in [1.165, 1.54) is 25.3 Å². The predicted octanol–water partition coefficient (Wildman–Crippen LogP) is 4.23. The van der Waals surface area contributed by atoms with E-state index in [1.807, 2.05) is 0 Å². The van der Waals surface area contributed by atoms with Gasteiger partial charge in [0.2, 0.25) is 0 Å². The van der Waals surface area contributed by atoms with Crippen molar-refractivity contribution in [2.45, 2.75) is 58.2 Å². The third-order valence-corrected chi connectivity index (χ3v) is 4.07. The maximum Gasteiger partial charge on any atom is 0.132 e. The molecule has 2 rings (SSSR count). The third kappa shape index (κ3) is 3.47. The molecule has 0 aliphatic heterocycles. The van der Waals surface area contributed by atoms with Crippen LogP contribution in [0, 0.1) is 11.7 Å². The van der Waals surface area contributed by atoms with E-state index in [1.54, 1.807) is 19.1 Å². The first-order chi connectivity index (χ1) is 9.11. The van der Waals surface area contributed by atoms with E-state index in [0.29, 0.717) is 17.2 Å². The van der Waals surface area contributed by atoms with Gasteiger partial charge in [-0.3, -0.25) is 0 Å². The Balaban J connectivity index is 2.08. The van der Waals surface area contributed by atoms with Crippen LogP contribution in [-0.4, -0.2) is 11.2 Å². The Labute approximate surface area is 114 Å². The molecule has 19 heavy (non-hydrogen) atoms. The molecular formula is C16H23FO2. The molecule has 0 saturated heterocycles. The van der Waals surface area contributed by atoms with E-state index in [-0.39, 0.29) is 6.10 Å². The summed E-state index contributed by atoms with van der Waals surface area (Å²) in [5.41, 5.74) is 0.322. The van der Waals surface area contributed by atoms with Crippen LogP contribution in [-0.2, 0) is 0 Å². The maximum absolute atomic E-state index is 13.8. The molecule has 0 bridgehead atoms. The molecule has 2 unspecified atom stereocenters. The molecule has 3 atom stereocenters. The lowest BCUT2D eigenvalue weighted by Crippen LogP contribution is -2.29. The average Bonchev–Trinajstić information content (AvgIpc) is 2.39. The summed E-state index contributed by atoms with van der Waals surface area (Å²) in [5, 5.41) is 9.42. The highest BCUT2D eigenvalue weighted by atomic mass is 19.1. The molecule has 1 aromatic rings. The summed E-state index contributed by atoms with van der Waals surface area (Å²) in [6, 6.07) is 4.76. The molecule has 106 valence electrons. The van der Waals surface area contributed by atoms with Crippen molar-refractivity contribution in [1.82, 2.24) is 0 Å². The molecular weight excluding hydrogens is 243 g/mol. The van der Waals surface area contributed by atoms with Gasteiger partial charge in [0.05, 0.1) is 6.10 Å². The number of hydrogen-bond acceptors (Lipinski definition) is 2. The van der Waals surface area contributed by atoms with Crippen molar-refractivity contribution >= 4 is 0 Å². The molecule has 0 heterocycles. The fourth-order valence-electron chi connectivity index (χ4n) is 2.89. The number of aliphatic hydroxyl groups excluding tert-OH is 1. The summed E-state index contributed by atoms with van der Waals surface area (Å²) in [6.07, 6.45) is 5.25.